The van der Waals surface area contributed by atoms with Crippen molar-refractivity contribution in [3.05, 3.63) is 41.5 Å². The Bertz CT molecular complexity index is 836. The second-order valence-electron chi connectivity index (χ2n) is 7.71. The van der Waals surface area contributed by atoms with Crippen molar-refractivity contribution >= 4 is 17.6 Å². The molecule has 156 valence electrons. The number of fused-ring (bicyclic) bond motifs is 1. The summed E-state index contributed by atoms with van der Waals surface area (Å²) in [6, 6.07) is 10.1. The number of anilines is 3. The van der Waals surface area contributed by atoms with Gasteiger partial charge >= 0.3 is 6.18 Å². The highest BCUT2D eigenvalue weighted by atomic mass is 19.4. The molecule has 2 heterocycles. The lowest BCUT2D eigenvalue weighted by atomic mass is 9.74. The Hall–Kier alpha value is -2.55. The molecular weight excluding hydrogens is 381 g/mol. The number of alkyl halides is 3. The van der Waals surface area contributed by atoms with E-state index in [1.165, 1.54) is 5.56 Å². The highest BCUT2D eigenvalue weighted by Gasteiger charge is 2.47. The van der Waals surface area contributed by atoms with Crippen LogP contribution in [0.4, 0.5) is 30.8 Å². The predicted octanol–water partition coefficient (Wildman–Crippen LogP) is 3.59. The first kappa shape index (κ1) is 19.8. The van der Waals surface area contributed by atoms with Crippen LogP contribution in [-0.2, 0) is 13.0 Å². The summed E-state index contributed by atoms with van der Waals surface area (Å²) >= 11 is 0. The van der Waals surface area contributed by atoms with Crippen molar-refractivity contribution < 1.29 is 13.2 Å². The van der Waals surface area contributed by atoms with E-state index in [4.69, 9.17) is 0 Å². The molecule has 1 aromatic heterocycles. The lowest BCUT2D eigenvalue weighted by Crippen LogP contribution is -2.38. The van der Waals surface area contributed by atoms with Gasteiger partial charge in [0, 0.05) is 26.7 Å². The zero-order chi connectivity index (χ0) is 20.4. The van der Waals surface area contributed by atoms with Crippen molar-refractivity contribution in [3.8, 4) is 0 Å². The van der Waals surface area contributed by atoms with Gasteiger partial charge in [-0.1, -0.05) is 30.3 Å². The number of nitrogens with zero attached hydrogens (tertiary/aromatic N) is 3. The topological polar surface area (TPSA) is 65.1 Å². The molecule has 29 heavy (non-hydrogen) atoms. The summed E-state index contributed by atoms with van der Waals surface area (Å²) in [6.07, 6.45) is -2.86. The number of hydrazine groups is 1. The normalized spacial score (nSPS) is 20.9. The molecule has 0 bridgehead atoms. The van der Waals surface area contributed by atoms with Gasteiger partial charge in [0.25, 0.3) is 0 Å². The van der Waals surface area contributed by atoms with E-state index in [1.54, 1.807) is 0 Å². The Morgan fingerprint density at radius 3 is 2.62 bits per heavy atom. The van der Waals surface area contributed by atoms with Gasteiger partial charge in [-0.15, -0.1) is 0 Å². The Morgan fingerprint density at radius 2 is 1.90 bits per heavy atom. The summed E-state index contributed by atoms with van der Waals surface area (Å²) in [5, 5.41) is 8.36. The van der Waals surface area contributed by atoms with Gasteiger partial charge in [-0.25, -0.2) is 5.43 Å². The van der Waals surface area contributed by atoms with Crippen LogP contribution < -0.4 is 21.1 Å². The van der Waals surface area contributed by atoms with Crippen molar-refractivity contribution in [2.75, 3.05) is 35.8 Å². The van der Waals surface area contributed by atoms with Gasteiger partial charge < -0.3 is 10.6 Å². The third kappa shape index (κ3) is 4.55. The molecule has 0 atom stereocenters. The summed E-state index contributed by atoms with van der Waals surface area (Å²) in [7, 11) is 1.89. The molecule has 1 saturated carbocycles. The van der Waals surface area contributed by atoms with E-state index >= 15 is 0 Å². The first-order chi connectivity index (χ1) is 13.9. The maximum atomic E-state index is 12.7. The Labute approximate surface area is 167 Å². The molecule has 0 unspecified atom stereocenters. The fraction of sp³-hybridized carbons (Fsp3) is 0.500. The smallest absolute Gasteiger partial charge is 0.369 e. The third-order valence-electron chi connectivity index (χ3n) is 5.59. The molecule has 2 aliphatic rings. The van der Waals surface area contributed by atoms with Crippen LogP contribution in [0, 0.1) is 11.8 Å². The summed E-state index contributed by atoms with van der Waals surface area (Å²) in [6.45, 7) is 1.77. The van der Waals surface area contributed by atoms with E-state index < -0.39 is 12.1 Å². The summed E-state index contributed by atoms with van der Waals surface area (Å²) < 4.78 is 38.1. The van der Waals surface area contributed by atoms with Crippen molar-refractivity contribution in [1.82, 2.24) is 15.4 Å². The first-order valence-corrected chi connectivity index (χ1v) is 9.86. The number of hydrogen-bond donors (Lipinski definition) is 3. The van der Waals surface area contributed by atoms with Crippen LogP contribution in [0.2, 0.25) is 0 Å². The van der Waals surface area contributed by atoms with E-state index in [9.17, 15) is 13.2 Å². The Balaban J connectivity index is 1.38. The number of rotatable bonds is 7. The average molecular weight is 406 g/mol. The average Bonchev–Trinajstić information content (AvgIpc) is 3.01. The lowest BCUT2D eigenvalue weighted by molar-refractivity contribution is -0.203. The Kier molecular flexibility index (Phi) is 5.49. The van der Waals surface area contributed by atoms with Crippen molar-refractivity contribution in [1.29, 1.82) is 0 Å². The molecule has 4 rings (SSSR count). The van der Waals surface area contributed by atoms with Gasteiger partial charge in [0.05, 0.1) is 11.5 Å². The zero-order valence-corrected chi connectivity index (χ0v) is 16.3. The molecule has 6 nitrogen and oxygen atoms in total. The van der Waals surface area contributed by atoms with E-state index in [0.717, 1.165) is 17.8 Å². The zero-order valence-electron chi connectivity index (χ0n) is 16.3. The number of aromatic nitrogens is 2. The van der Waals surface area contributed by atoms with E-state index in [2.05, 4.69) is 38.2 Å². The van der Waals surface area contributed by atoms with E-state index in [0.29, 0.717) is 31.4 Å². The molecule has 0 amide bonds. The molecule has 1 aromatic carbocycles. The number of hydrogen-bond acceptors (Lipinski definition) is 6. The van der Waals surface area contributed by atoms with E-state index in [1.807, 2.05) is 30.3 Å². The summed E-state index contributed by atoms with van der Waals surface area (Å²) in [5.74, 6) is 0.845. The van der Waals surface area contributed by atoms with Crippen LogP contribution in [0.15, 0.2) is 30.3 Å². The minimum atomic E-state index is -4.07. The number of benzene rings is 1. The molecule has 0 spiro atoms. The monoisotopic (exact) mass is 406 g/mol. The standard InChI is InChI=1S/C20H25F3N6/c1-29-18-16(12-26-29)17(25-11-14-9-15(10-14)20(21,22)23)27-19(28-18)24-8-7-13-5-3-2-4-6-13/h2-6,14-15,26H,7-12H2,1H3,(H2,24,25,27,28). The predicted molar refractivity (Wildman–Crippen MR) is 107 cm³/mol. The first-order valence-electron chi connectivity index (χ1n) is 9.86. The van der Waals surface area contributed by atoms with Crippen LogP contribution in [0.1, 0.15) is 24.0 Å². The molecule has 1 aliphatic heterocycles. The van der Waals surface area contributed by atoms with Crippen LogP contribution in [-0.4, -0.2) is 36.3 Å². The Morgan fingerprint density at radius 1 is 1.14 bits per heavy atom. The van der Waals surface area contributed by atoms with Gasteiger partial charge in [0.15, 0.2) is 5.82 Å². The highest BCUT2D eigenvalue weighted by molar-refractivity contribution is 5.64. The molecule has 3 N–H and O–H groups in total. The van der Waals surface area contributed by atoms with Crippen molar-refractivity contribution in [2.45, 2.75) is 32.0 Å². The summed E-state index contributed by atoms with van der Waals surface area (Å²) in [4.78, 5) is 9.17. The molecule has 2 aromatic rings. The molecular formula is C20H25F3N6. The molecule has 1 fully saturated rings. The van der Waals surface area contributed by atoms with E-state index in [-0.39, 0.29) is 18.8 Å². The quantitative estimate of drug-likeness (QED) is 0.653. The highest BCUT2D eigenvalue weighted by Crippen LogP contribution is 2.44. The van der Waals surface area contributed by atoms with Crippen molar-refractivity contribution in [2.24, 2.45) is 11.8 Å². The summed E-state index contributed by atoms with van der Waals surface area (Å²) in [5.41, 5.74) is 5.35. The van der Waals surface area contributed by atoms with Gasteiger partial charge in [-0.3, -0.25) is 5.01 Å². The van der Waals surface area contributed by atoms with Crippen LogP contribution in [0.25, 0.3) is 0 Å². The van der Waals surface area contributed by atoms with Gasteiger partial charge in [0.2, 0.25) is 5.95 Å². The maximum Gasteiger partial charge on any atom is 0.391 e. The number of halogens is 3. The second-order valence-corrected chi connectivity index (χ2v) is 7.71. The van der Waals surface area contributed by atoms with Gasteiger partial charge in [-0.2, -0.15) is 23.1 Å². The van der Waals surface area contributed by atoms with Crippen LogP contribution in [0.5, 0.6) is 0 Å². The second kappa shape index (κ2) is 8.06. The fourth-order valence-corrected chi connectivity index (χ4v) is 3.78. The van der Waals surface area contributed by atoms with Crippen molar-refractivity contribution in [3.63, 3.8) is 0 Å². The molecule has 9 heteroatoms. The molecule has 1 aliphatic carbocycles. The third-order valence-corrected chi connectivity index (χ3v) is 5.59. The number of nitrogens with one attached hydrogen (secondary N) is 3. The van der Waals surface area contributed by atoms with Crippen LogP contribution in [0.3, 0.4) is 0 Å². The van der Waals surface area contributed by atoms with Crippen LogP contribution >= 0.6 is 0 Å². The van der Waals surface area contributed by atoms with Gasteiger partial charge in [0.1, 0.15) is 5.82 Å². The maximum absolute atomic E-state index is 12.7. The largest absolute Gasteiger partial charge is 0.391 e. The SMILES string of the molecule is CN1NCc2c(NCC3CC(C(F)(F)F)C3)nc(NCCc3ccccc3)nc21. The molecule has 0 saturated heterocycles. The lowest BCUT2D eigenvalue weighted by Gasteiger charge is -2.36. The fourth-order valence-electron chi connectivity index (χ4n) is 3.78. The molecule has 0 radical (unpaired) electrons. The minimum Gasteiger partial charge on any atom is -0.369 e. The van der Waals surface area contributed by atoms with Gasteiger partial charge in [-0.05, 0) is 30.7 Å². The minimum absolute atomic E-state index is 0.0221.